The maximum absolute atomic E-state index is 10.0. The first-order valence-corrected chi connectivity index (χ1v) is 5.32. The molecule has 3 heteroatoms. The topological polar surface area (TPSA) is 45.2 Å². The van der Waals surface area contributed by atoms with E-state index < -0.39 is 5.60 Å². The minimum absolute atomic E-state index is 0.766. The van der Waals surface area contributed by atoms with Crippen LogP contribution < -0.4 is 4.74 Å². The van der Waals surface area contributed by atoms with Crippen molar-refractivity contribution in [2.45, 2.75) is 26.4 Å². The van der Waals surface area contributed by atoms with Crippen LogP contribution in [0.5, 0.6) is 5.75 Å². The molecule has 16 heavy (non-hydrogen) atoms. The summed E-state index contributed by atoms with van der Waals surface area (Å²) in [4.78, 5) is 3.18. The number of fused-ring (bicyclic) bond motifs is 1. The summed E-state index contributed by atoms with van der Waals surface area (Å²) in [5.41, 5.74) is 2.14. The van der Waals surface area contributed by atoms with Gasteiger partial charge in [-0.3, -0.25) is 0 Å². The van der Waals surface area contributed by atoms with Crippen LogP contribution in [-0.4, -0.2) is 17.2 Å². The van der Waals surface area contributed by atoms with E-state index in [2.05, 4.69) is 4.98 Å². The van der Waals surface area contributed by atoms with E-state index in [9.17, 15) is 5.11 Å². The lowest BCUT2D eigenvalue weighted by atomic mass is 9.96. The van der Waals surface area contributed by atoms with Gasteiger partial charge in [-0.05, 0) is 44.0 Å². The van der Waals surface area contributed by atoms with Crippen molar-refractivity contribution < 1.29 is 9.84 Å². The molecule has 1 aromatic heterocycles. The van der Waals surface area contributed by atoms with Crippen molar-refractivity contribution in [3.05, 3.63) is 29.5 Å². The molecule has 0 amide bonds. The van der Waals surface area contributed by atoms with Gasteiger partial charge in [-0.15, -0.1) is 0 Å². The summed E-state index contributed by atoms with van der Waals surface area (Å²) in [5.74, 6) is 0.766. The molecule has 0 saturated carbocycles. The minimum Gasteiger partial charge on any atom is -0.495 e. The number of ether oxygens (including phenoxy) is 1. The molecule has 0 saturated heterocycles. The smallest absolute Gasteiger partial charge is 0.143 e. The van der Waals surface area contributed by atoms with Crippen molar-refractivity contribution in [3.8, 4) is 5.75 Å². The van der Waals surface area contributed by atoms with Crippen molar-refractivity contribution in [1.82, 2.24) is 4.98 Å². The van der Waals surface area contributed by atoms with E-state index in [1.165, 1.54) is 0 Å². The Morgan fingerprint density at radius 2 is 2.00 bits per heavy atom. The average molecular weight is 219 g/mol. The zero-order chi connectivity index (χ0) is 11.9. The average Bonchev–Trinajstić information content (AvgIpc) is 2.58. The Morgan fingerprint density at radius 1 is 1.31 bits per heavy atom. The van der Waals surface area contributed by atoms with Gasteiger partial charge in [0.25, 0.3) is 0 Å². The minimum atomic E-state index is -0.856. The van der Waals surface area contributed by atoms with Gasteiger partial charge in [0.2, 0.25) is 0 Å². The first kappa shape index (κ1) is 11.0. The Hall–Kier alpha value is -1.48. The highest BCUT2D eigenvalue weighted by molar-refractivity contribution is 5.89. The molecule has 0 fully saturated rings. The number of hydrogen-bond acceptors (Lipinski definition) is 2. The van der Waals surface area contributed by atoms with E-state index in [1.807, 2.05) is 25.3 Å². The van der Waals surface area contributed by atoms with Crippen LogP contribution in [-0.2, 0) is 5.60 Å². The third-order valence-electron chi connectivity index (χ3n) is 2.89. The molecule has 86 valence electrons. The second-order valence-electron chi connectivity index (χ2n) is 4.63. The second kappa shape index (κ2) is 3.52. The van der Waals surface area contributed by atoms with Crippen molar-refractivity contribution in [3.63, 3.8) is 0 Å². The van der Waals surface area contributed by atoms with Gasteiger partial charge in [0, 0.05) is 11.6 Å². The van der Waals surface area contributed by atoms with Crippen molar-refractivity contribution in [2.75, 3.05) is 7.11 Å². The third-order valence-corrected chi connectivity index (χ3v) is 2.89. The molecular formula is C13H17NO2. The van der Waals surface area contributed by atoms with E-state index >= 15 is 0 Å². The van der Waals surface area contributed by atoms with Gasteiger partial charge in [0.05, 0.1) is 18.2 Å². The van der Waals surface area contributed by atoms with Crippen LogP contribution in [0.15, 0.2) is 18.3 Å². The molecule has 0 aliphatic heterocycles. The fourth-order valence-corrected chi connectivity index (χ4v) is 1.85. The number of aryl methyl sites for hydroxylation is 1. The quantitative estimate of drug-likeness (QED) is 0.815. The maximum Gasteiger partial charge on any atom is 0.143 e. The van der Waals surface area contributed by atoms with Crippen molar-refractivity contribution in [1.29, 1.82) is 0 Å². The first-order valence-electron chi connectivity index (χ1n) is 5.32. The normalized spacial score (nSPS) is 12.1. The molecule has 2 aromatic rings. The Labute approximate surface area is 95.1 Å². The molecule has 0 bridgehead atoms. The van der Waals surface area contributed by atoms with E-state index in [4.69, 9.17) is 4.74 Å². The summed E-state index contributed by atoms with van der Waals surface area (Å²) in [5, 5.41) is 11.1. The highest BCUT2D eigenvalue weighted by Crippen LogP contribution is 2.32. The Kier molecular flexibility index (Phi) is 2.43. The first-order chi connectivity index (χ1) is 7.43. The molecule has 1 aromatic carbocycles. The van der Waals surface area contributed by atoms with Crippen LogP contribution in [0.25, 0.3) is 10.9 Å². The van der Waals surface area contributed by atoms with Crippen LogP contribution in [0.2, 0.25) is 0 Å². The number of methoxy groups -OCH3 is 1. The monoisotopic (exact) mass is 219 g/mol. The molecule has 2 rings (SSSR count). The van der Waals surface area contributed by atoms with Gasteiger partial charge in [0.15, 0.2) is 0 Å². The van der Waals surface area contributed by atoms with E-state index in [0.29, 0.717) is 0 Å². The van der Waals surface area contributed by atoms with E-state index in [-0.39, 0.29) is 0 Å². The number of nitrogens with one attached hydrogen (secondary N) is 1. The molecule has 3 nitrogen and oxygen atoms in total. The van der Waals surface area contributed by atoms with E-state index in [1.54, 1.807) is 21.0 Å². The lowest BCUT2D eigenvalue weighted by Crippen LogP contribution is -2.15. The van der Waals surface area contributed by atoms with Crippen LogP contribution in [0.1, 0.15) is 25.0 Å². The van der Waals surface area contributed by atoms with Gasteiger partial charge in [-0.1, -0.05) is 0 Å². The van der Waals surface area contributed by atoms with Gasteiger partial charge >= 0.3 is 0 Å². The predicted molar refractivity (Wildman–Crippen MR) is 64.8 cm³/mol. The molecule has 2 N–H and O–H groups in total. The lowest BCUT2D eigenvalue weighted by molar-refractivity contribution is 0.0785. The Balaban J connectivity index is 2.76. The summed E-state index contributed by atoms with van der Waals surface area (Å²) < 4.78 is 5.33. The zero-order valence-corrected chi connectivity index (χ0v) is 10.1. The van der Waals surface area contributed by atoms with Crippen LogP contribution >= 0.6 is 0 Å². The fraction of sp³-hybridized carbons (Fsp3) is 0.385. The lowest BCUT2D eigenvalue weighted by Gasteiger charge is -2.19. The van der Waals surface area contributed by atoms with Gasteiger partial charge < -0.3 is 14.8 Å². The van der Waals surface area contributed by atoms with Gasteiger partial charge in [-0.25, -0.2) is 0 Å². The third kappa shape index (κ3) is 1.67. The fourth-order valence-electron chi connectivity index (χ4n) is 1.85. The summed E-state index contributed by atoms with van der Waals surface area (Å²) in [7, 11) is 1.64. The number of aromatic nitrogens is 1. The number of aliphatic hydroxyl groups is 1. The number of benzene rings is 1. The number of H-pyrrole nitrogens is 1. The van der Waals surface area contributed by atoms with Crippen LogP contribution in [0, 0.1) is 6.92 Å². The molecule has 0 unspecified atom stereocenters. The molecule has 0 aliphatic rings. The van der Waals surface area contributed by atoms with E-state index in [0.717, 1.165) is 27.8 Å². The van der Waals surface area contributed by atoms with Crippen LogP contribution in [0.3, 0.4) is 0 Å². The maximum atomic E-state index is 10.0. The zero-order valence-electron chi connectivity index (χ0n) is 10.1. The summed E-state index contributed by atoms with van der Waals surface area (Å²) in [6.45, 7) is 5.58. The van der Waals surface area contributed by atoms with Crippen LogP contribution in [0.4, 0.5) is 0 Å². The number of hydrogen-bond donors (Lipinski definition) is 2. The van der Waals surface area contributed by atoms with Gasteiger partial charge in [0.1, 0.15) is 5.75 Å². The highest BCUT2D eigenvalue weighted by atomic mass is 16.5. The number of aromatic amines is 1. The largest absolute Gasteiger partial charge is 0.495 e. The molecule has 0 radical (unpaired) electrons. The standard InChI is InChI=1S/C13H17NO2/c1-8-7-14-12-10(8)5-9(13(2,3)15)6-11(12)16-4/h5-7,14-15H,1-4H3. The highest BCUT2D eigenvalue weighted by Gasteiger charge is 2.19. The molecule has 0 spiro atoms. The molecule has 1 heterocycles. The SMILES string of the molecule is COc1cc(C(C)(C)O)cc2c(C)c[nH]c12. The summed E-state index contributed by atoms with van der Waals surface area (Å²) in [6, 6.07) is 3.88. The number of rotatable bonds is 2. The van der Waals surface area contributed by atoms with Gasteiger partial charge in [-0.2, -0.15) is 0 Å². The Bertz CT molecular complexity index is 520. The summed E-state index contributed by atoms with van der Waals surface area (Å²) in [6.07, 6.45) is 1.95. The second-order valence-corrected chi connectivity index (χ2v) is 4.63. The molecular weight excluding hydrogens is 202 g/mol. The molecule has 0 atom stereocenters. The molecule has 0 aliphatic carbocycles. The Morgan fingerprint density at radius 3 is 2.56 bits per heavy atom. The van der Waals surface area contributed by atoms with Crippen molar-refractivity contribution in [2.24, 2.45) is 0 Å². The summed E-state index contributed by atoms with van der Waals surface area (Å²) >= 11 is 0. The van der Waals surface area contributed by atoms with Crippen molar-refractivity contribution >= 4 is 10.9 Å². The predicted octanol–water partition coefficient (Wildman–Crippen LogP) is 2.71.